The third kappa shape index (κ3) is 4.91. The third-order valence-corrected chi connectivity index (χ3v) is 8.24. The molecule has 2 fully saturated rings. The number of urea groups is 1. The number of fused-ring (bicyclic) bond motifs is 1. The van der Waals surface area contributed by atoms with E-state index < -0.39 is 23.8 Å². The molecule has 4 heterocycles. The largest absolute Gasteiger partial charge is 0.446 e. The molecule has 2 amide bonds. The van der Waals surface area contributed by atoms with Gasteiger partial charge in [0.25, 0.3) is 5.89 Å². The first-order valence-corrected chi connectivity index (χ1v) is 12.5. The zero-order valence-electron chi connectivity index (χ0n) is 18.7. The van der Waals surface area contributed by atoms with Crippen LogP contribution < -0.4 is 10.6 Å². The number of benzene rings is 1. The number of likely N-dealkylation sites (N-methyl/N-ethyl adjacent to an activating group) is 1. The molecule has 0 spiro atoms. The third-order valence-electron chi connectivity index (χ3n) is 6.02. The lowest BCUT2D eigenvalue weighted by molar-refractivity contribution is -0.0327. The molecule has 35 heavy (non-hydrogen) atoms. The minimum Gasteiger partial charge on any atom is -0.378 e. The lowest BCUT2D eigenvalue weighted by atomic mass is 10.0. The second-order valence-corrected chi connectivity index (χ2v) is 10.7. The number of aromatic nitrogens is 2. The van der Waals surface area contributed by atoms with Crippen LogP contribution in [0.2, 0.25) is 0 Å². The van der Waals surface area contributed by atoms with Crippen LogP contribution in [-0.2, 0) is 0 Å². The summed E-state index contributed by atoms with van der Waals surface area (Å²) in [4.78, 5) is 19.6. The predicted molar refractivity (Wildman–Crippen MR) is 125 cm³/mol. The zero-order chi connectivity index (χ0) is 24.9. The van der Waals surface area contributed by atoms with Gasteiger partial charge in [-0.3, -0.25) is 0 Å². The van der Waals surface area contributed by atoms with Crippen molar-refractivity contribution in [1.29, 1.82) is 0 Å². The summed E-state index contributed by atoms with van der Waals surface area (Å²) < 4.78 is 61.1. The Kier molecular flexibility index (Phi) is 6.30. The second-order valence-electron chi connectivity index (χ2n) is 8.65. The standard InChI is InChI=1S/C21H22F4N6O2S2/c1-30-7-6-12(11(22)8-30)26-13-5-3-4-10-15(13)34-17(16(10)35-21(23,24)25)18-28-19(33-29-18)14-9-31(2)20(32)27-14/h3-5,11-12,14,26H,6-9H2,1-2H3,(H,27,32)/t11-,12+,14+/m0/s1. The molecule has 2 aliphatic rings. The highest BCUT2D eigenvalue weighted by molar-refractivity contribution is 8.00. The molecular formula is C21H22F4N6O2S2. The van der Waals surface area contributed by atoms with Crippen LogP contribution in [0, 0.1) is 0 Å². The molecule has 14 heteroatoms. The average Bonchev–Trinajstić information content (AvgIpc) is 3.48. The van der Waals surface area contributed by atoms with Crippen LogP contribution in [0.1, 0.15) is 18.4 Å². The van der Waals surface area contributed by atoms with E-state index >= 15 is 0 Å². The van der Waals surface area contributed by atoms with Crippen LogP contribution in [0.15, 0.2) is 27.6 Å². The number of hydrogen-bond acceptors (Lipinski definition) is 8. The average molecular weight is 531 g/mol. The van der Waals surface area contributed by atoms with E-state index in [0.29, 0.717) is 28.7 Å². The van der Waals surface area contributed by atoms with Crippen molar-refractivity contribution < 1.29 is 26.9 Å². The number of thiophene rings is 1. The van der Waals surface area contributed by atoms with Gasteiger partial charge in [0.2, 0.25) is 5.82 Å². The molecule has 0 radical (unpaired) electrons. The van der Waals surface area contributed by atoms with Gasteiger partial charge in [-0.1, -0.05) is 17.3 Å². The fourth-order valence-corrected chi connectivity index (χ4v) is 6.37. The van der Waals surface area contributed by atoms with Gasteiger partial charge in [-0.2, -0.15) is 18.2 Å². The number of carbonyl (C=O) groups excluding carboxylic acids is 1. The molecule has 2 N–H and O–H groups in total. The number of thioether (sulfide) groups is 1. The van der Waals surface area contributed by atoms with Gasteiger partial charge in [-0.15, -0.1) is 11.3 Å². The van der Waals surface area contributed by atoms with E-state index in [1.54, 1.807) is 25.2 Å². The highest BCUT2D eigenvalue weighted by Crippen LogP contribution is 2.50. The Morgan fingerprint density at radius 3 is 2.77 bits per heavy atom. The van der Waals surface area contributed by atoms with Crippen molar-refractivity contribution in [2.45, 2.75) is 35.1 Å². The fraction of sp³-hybridized carbons (Fsp3) is 0.476. The first kappa shape index (κ1) is 24.1. The number of piperidine rings is 1. The van der Waals surface area contributed by atoms with Crippen LogP contribution in [-0.4, -0.2) is 77.4 Å². The maximum absolute atomic E-state index is 14.6. The van der Waals surface area contributed by atoms with Gasteiger partial charge < -0.3 is 25.0 Å². The molecule has 3 atom stereocenters. The van der Waals surface area contributed by atoms with Crippen molar-refractivity contribution in [2.75, 3.05) is 39.0 Å². The number of amides is 2. The number of rotatable bonds is 5. The number of carbonyl (C=O) groups is 1. The summed E-state index contributed by atoms with van der Waals surface area (Å²) in [6, 6.07) is 3.69. The van der Waals surface area contributed by atoms with Crippen molar-refractivity contribution in [3.8, 4) is 10.7 Å². The Morgan fingerprint density at radius 2 is 2.09 bits per heavy atom. The van der Waals surface area contributed by atoms with Gasteiger partial charge in [-0.25, -0.2) is 9.18 Å². The minimum atomic E-state index is -4.54. The van der Waals surface area contributed by atoms with Crippen LogP contribution >= 0.6 is 23.1 Å². The summed E-state index contributed by atoms with van der Waals surface area (Å²) in [6.07, 6.45) is -0.529. The van der Waals surface area contributed by atoms with E-state index in [2.05, 4.69) is 20.8 Å². The number of nitrogens with one attached hydrogen (secondary N) is 2. The Labute approximate surface area is 206 Å². The maximum atomic E-state index is 14.6. The molecule has 2 saturated heterocycles. The summed E-state index contributed by atoms with van der Waals surface area (Å²) >= 11 is 0.851. The number of halogens is 4. The number of nitrogens with zero attached hydrogens (tertiary/aromatic N) is 4. The van der Waals surface area contributed by atoms with Crippen molar-refractivity contribution in [3.05, 3.63) is 24.1 Å². The summed E-state index contributed by atoms with van der Waals surface area (Å²) in [5.41, 5.74) is -3.98. The molecule has 1 aromatic carbocycles. The van der Waals surface area contributed by atoms with Crippen molar-refractivity contribution in [3.63, 3.8) is 0 Å². The summed E-state index contributed by atoms with van der Waals surface area (Å²) in [7, 11) is 3.46. The summed E-state index contributed by atoms with van der Waals surface area (Å²) in [5, 5.41) is 10.2. The van der Waals surface area contributed by atoms with Crippen molar-refractivity contribution >= 4 is 44.9 Å². The van der Waals surface area contributed by atoms with Crippen molar-refractivity contribution in [1.82, 2.24) is 25.3 Å². The van der Waals surface area contributed by atoms with Crippen molar-refractivity contribution in [2.24, 2.45) is 0 Å². The van der Waals surface area contributed by atoms with Gasteiger partial charge in [-0.05, 0) is 31.3 Å². The zero-order valence-corrected chi connectivity index (χ0v) is 20.4. The Hall–Kier alpha value is -2.58. The molecular weight excluding hydrogens is 508 g/mol. The topological polar surface area (TPSA) is 86.5 Å². The Bertz CT molecular complexity index is 1250. The molecule has 188 valence electrons. The van der Waals surface area contributed by atoms with E-state index in [9.17, 15) is 22.4 Å². The second kappa shape index (κ2) is 9.13. The van der Waals surface area contributed by atoms with Crippen LogP contribution in [0.5, 0.6) is 0 Å². The lowest BCUT2D eigenvalue weighted by Gasteiger charge is -2.33. The quantitative estimate of drug-likeness (QED) is 0.365. The van der Waals surface area contributed by atoms with E-state index in [1.165, 1.54) is 4.90 Å². The number of likely N-dealkylation sites (tertiary alicyclic amines) is 1. The van der Waals surface area contributed by atoms with Gasteiger partial charge in [0, 0.05) is 30.4 Å². The smallest absolute Gasteiger partial charge is 0.378 e. The highest BCUT2D eigenvalue weighted by Gasteiger charge is 2.36. The van der Waals surface area contributed by atoms with E-state index in [1.807, 2.05) is 11.9 Å². The molecule has 2 aliphatic heterocycles. The predicted octanol–water partition coefficient (Wildman–Crippen LogP) is 4.71. The lowest BCUT2D eigenvalue weighted by Crippen LogP contribution is -2.46. The molecule has 3 aromatic rings. The monoisotopic (exact) mass is 530 g/mol. The van der Waals surface area contributed by atoms with E-state index in [0.717, 1.165) is 17.9 Å². The fourth-order valence-electron chi connectivity index (χ4n) is 4.26. The van der Waals surface area contributed by atoms with Crippen LogP contribution in [0.4, 0.5) is 28.0 Å². The highest BCUT2D eigenvalue weighted by atomic mass is 32.2. The molecule has 0 unspecified atom stereocenters. The van der Waals surface area contributed by atoms with Gasteiger partial charge in [0.1, 0.15) is 12.2 Å². The van der Waals surface area contributed by atoms with Crippen LogP contribution in [0.25, 0.3) is 20.8 Å². The SMILES string of the molecule is CN1CC[C@@H](Nc2cccc3c(SC(F)(F)F)c(-c4noc([C@H]5CN(C)C(=O)N5)n4)sc23)[C@@H](F)C1. The van der Waals surface area contributed by atoms with E-state index in [4.69, 9.17) is 4.52 Å². The molecule has 0 saturated carbocycles. The first-order chi connectivity index (χ1) is 16.6. The Morgan fingerprint density at radius 1 is 1.29 bits per heavy atom. The first-order valence-electron chi connectivity index (χ1n) is 10.8. The summed E-state index contributed by atoms with van der Waals surface area (Å²) in [5.74, 6) is 0.119. The molecule has 0 bridgehead atoms. The maximum Gasteiger partial charge on any atom is 0.446 e. The van der Waals surface area contributed by atoms with Crippen LogP contribution in [0.3, 0.4) is 0 Å². The molecule has 5 rings (SSSR count). The van der Waals surface area contributed by atoms with E-state index in [-0.39, 0.29) is 45.8 Å². The van der Waals surface area contributed by atoms with Gasteiger partial charge in [0.15, 0.2) is 0 Å². The number of anilines is 1. The van der Waals surface area contributed by atoms with Gasteiger partial charge in [0.05, 0.1) is 27.9 Å². The Balaban J connectivity index is 1.53. The number of hydrogen-bond donors (Lipinski definition) is 2. The molecule has 8 nitrogen and oxygen atoms in total. The number of alkyl halides is 4. The van der Waals surface area contributed by atoms with Gasteiger partial charge >= 0.3 is 11.5 Å². The molecule has 0 aliphatic carbocycles. The molecule has 2 aromatic heterocycles. The minimum absolute atomic E-state index is 0.00496. The normalized spacial score (nSPS) is 23.8. The summed E-state index contributed by atoms with van der Waals surface area (Å²) in [6.45, 7) is 1.31.